The van der Waals surface area contributed by atoms with Crippen LogP contribution in [0.5, 0.6) is 0 Å². The van der Waals surface area contributed by atoms with E-state index >= 15 is 0 Å². The van der Waals surface area contributed by atoms with Crippen molar-refractivity contribution in [1.29, 1.82) is 0 Å². The first kappa shape index (κ1) is 20.6. The third-order valence-corrected chi connectivity index (χ3v) is 4.82. The summed E-state index contributed by atoms with van der Waals surface area (Å²) >= 11 is 6.21. The molecule has 1 fully saturated rings. The molecule has 1 N–H and O–H groups in total. The van der Waals surface area contributed by atoms with E-state index in [1.807, 2.05) is 6.92 Å². The van der Waals surface area contributed by atoms with Crippen LogP contribution in [0.2, 0.25) is 5.02 Å². The van der Waals surface area contributed by atoms with Crippen molar-refractivity contribution in [3.63, 3.8) is 0 Å². The van der Waals surface area contributed by atoms with Gasteiger partial charge in [-0.15, -0.1) is 17.0 Å². The summed E-state index contributed by atoms with van der Waals surface area (Å²) in [7, 11) is 0. The van der Waals surface area contributed by atoms with E-state index in [4.69, 9.17) is 11.6 Å². The minimum atomic E-state index is -0.588. The summed E-state index contributed by atoms with van der Waals surface area (Å²) < 4.78 is 2.71. The van der Waals surface area contributed by atoms with Gasteiger partial charge in [0.05, 0.1) is 20.8 Å². The van der Waals surface area contributed by atoms with Crippen LogP contribution in [0.4, 0.5) is 5.69 Å². The highest BCUT2D eigenvalue weighted by Crippen LogP contribution is 2.27. The molecule has 10 heteroatoms. The first-order valence-electron chi connectivity index (χ1n) is 8.29. The molecule has 2 heterocycles. The number of benzene rings is 1. The molecule has 0 aliphatic carbocycles. The largest absolute Gasteiger partial charge is 0.331 e. The highest BCUT2D eigenvalue weighted by molar-refractivity contribution is 8.93. The van der Waals surface area contributed by atoms with Crippen molar-refractivity contribution in [2.24, 2.45) is 0 Å². The zero-order valence-corrected chi connectivity index (χ0v) is 16.7. The summed E-state index contributed by atoms with van der Waals surface area (Å²) in [5, 5.41) is 14.5. The van der Waals surface area contributed by atoms with Crippen molar-refractivity contribution < 1.29 is 4.92 Å². The maximum Gasteiger partial charge on any atom is 0.331 e. The number of nitro groups is 1. The van der Waals surface area contributed by atoms with Crippen LogP contribution < -0.4 is 16.6 Å². The maximum atomic E-state index is 13.0. The lowest BCUT2D eigenvalue weighted by Gasteiger charge is -2.25. The van der Waals surface area contributed by atoms with Gasteiger partial charge in [-0.2, -0.15) is 0 Å². The van der Waals surface area contributed by atoms with Gasteiger partial charge < -0.3 is 5.32 Å². The summed E-state index contributed by atoms with van der Waals surface area (Å²) in [6.45, 7) is 3.74. The Morgan fingerprint density at radius 1 is 1.31 bits per heavy atom. The van der Waals surface area contributed by atoms with Crippen LogP contribution in [0.15, 0.2) is 21.7 Å². The van der Waals surface area contributed by atoms with Crippen LogP contribution in [-0.2, 0) is 6.54 Å². The fourth-order valence-corrected chi connectivity index (χ4v) is 3.70. The van der Waals surface area contributed by atoms with Gasteiger partial charge in [0.2, 0.25) is 0 Å². The van der Waals surface area contributed by atoms with Gasteiger partial charge in [0.15, 0.2) is 0 Å². The standard InChI is InChI=1S/C16H19ClN4O4.BrH/c1-2-7-19-14-12(8-11(21(24)25)9-13(14)17)15(22)20(16(19)23)10-3-5-18-6-4-10;/h8-10,18H,2-7H2,1H3;1H. The molecule has 1 aromatic heterocycles. The SMILES string of the molecule is Br.CCCn1c(=O)n(C2CCNCC2)c(=O)c2cc([N+](=O)[O-])cc(Cl)c21. The minimum absolute atomic E-state index is 0. The van der Waals surface area contributed by atoms with Gasteiger partial charge >= 0.3 is 5.69 Å². The molecule has 0 atom stereocenters. The van der Waals surface area contributed by atoms with Gasteiger partial charge in [-0.1, -0.05) is 18.5 Å². The Kier molecular flexibility index (Phi) is 6.59. The lowest BCUT2D eigenvalue weighted by Crippen LogP contribution is -2.45. The number of aryl methyl sites for hydroxylation is 1. The van der Waals surface area contributed by atoms with Gasteiger partial charge in [-0.3, -0.25) is 24.0 Å². The number of halogens is 2. The molecule has 0 bridgehead atoms. The van der Waals surface area contributed by atoms with E-state index in [0.717, 1.165) is 13.1 Å². The number of piperidine rings is 1. The number of rotatable bonds is 4. The van der Waals surface area contributed by atoms with Gasteiger partial charge in [0.1, 0.15) is 0 Å². The highest BCUT2D eigenvalue weighted by Gasteiger charge is 2.24. The van der Waals surface area contributed by atoms with Gasteiger partial charge in [0.25, 0.3) is 11.2 Å². The molecule has 3 rings (SSSR count). The number of nitrogens with one attached hydrogen (secondary N) is 1. The normalized spacial score (nSPS) is 15.0. The van der Waals surface area contributed by atoms with Gasteiger partial charge in [-0.25, -0.2) is 4.79 Å². The molecule has 142 valence electrons. The highest BCUT2D eigenvalue weighted by atomic mass is 79.9. The number of non-ortho nitro benzene ring substituents is 1. The summed E-state index contributed by atoms with van der Waals surface area (Å²) in [6.07, 6.45) is 2.00. The van der Waals surface area contributed by atoms with Crippen molar-refractivity contribution in [3.8, 4) is 0 Å². The second-order valence-electron chi connectivity index (χ2n) is 6.17. The van der Waals surface area contributed by atoms with Crippen molar-refractivity contribution in [2.45, 2.75) is 38.8 Å². The second-order valence-corrected chi connectivity index (χ2v) is 6.58. The van der Waals surface area contributed by atoms with E-state index in [-0.39, 0.29) is 44.6 Å². The van der Waals surface area contributed by atoms with E-state index in [9.17, 15) is 19.7 Å². The molecule has 0 radical (unpaired) electrons. The molecule has 1 saturated heterocycles. The lowest BCUT2D eigenvalue weighted by molar-refractivity contribution is -0.384. The Morgan fingerprint density at radius 3 is 2.54 bits per heavy atom. The average Bonchev–Trinajstić information content (AvgIpc) is 2.59. The Morgan fingerprint density at radius 2 is 1.96 bits per heavy atom. The van der Waals surface area contributed by atoms with E-state index in [1.54, 1.807) is 0 Å². The number of nitrogens with zero attached hydrogens (tertiary/aromatic N) is 3. The number of fused-ring (bicyclic) bond motifs is 1. The maximum absolute atomic E-state index is 13.0. The molecule has 0 unspecified atom stereocenters. The van der Waals surface area contributed by atoms with Crippen molar-refractivity contribution in [3.05, 3.63) is 48.1 Å². The second kappa shape index (κ2) is 8.32. The number of hydrogen-bond donors (Lipinski definition) is 1. The number of aromatic nitrogens is 2. The summed E-state index contributed by atoms with van der Waals surface area (Å²) in [5.74, 6) is 0. The van der Waals surface area contributed by atoms with Crippen LogP contribution in [0.1, 0.15) is 32.2 Å². The summed E-state index contributed by atoms with van der Waals surface area (Å²) in [6, 6.07) is 2.18. The Bertz CT molecular complexity index is 950. The minimum Gasteiger partial charge on any atom is -0.317 e. The van der Waals surface area contributed by atoms with E-state index in [0.29, 0.717) is 25.8 Å². The zero-order valence-electron chi connectivity index (χ0n) is 14.2. The van der Waals surface area contributed by atoms with E-state index in [2.05, 4.69) is 5.32 Å². The first-order chi connectivity index (χ1) is 12.0. The number of hydrogen-bond acceptors (Lipinski definition) is 5. The summed E-state index contributed by atoms with van der Waals surface area (Å²) in [4.78, 5) is 36.5. The summed E-state index contributed by atoms with van der Waals surface area (Å²) in [5.41, 5.74) is -0.894. The molecule has 1 aliphatic heterocycles. The molecule has 2 aromatic rings. The predicted molar refractivity (Wildman–Crippen MR) is 106 cm³/mol. The van der Waals surface area contributed by atoms with Crippen LogP contribution >= 0.6 is 28.6 Å². The van der Waals surface area contributed by atoms with Crippen molar-refractivity contribution >= 4 is 45.2 Å². The average molecular weight is 448 g/mol. The molecular formula is C16H20BrClN4O4. The molecule has 1 aliphatic rings. The van der Waals surface area contributed by atoms with Crippen molar-refractivity contribution in [2.75, 3.05) is 13.1 Å². The van der Waals surface area contributed by atoms with E-state index < -0.39 is 16.2 Å². The molecule has 1 aromatic carbocycles. The monoisotopic (exact) mass is 446 g/mol. The van der Waals surface area contributed by atoms with Crippen LogP contribution in [0.3, 0.4) is 0 Å². The Labute approximate surface area is 164 Å². The van der Waals surface area contributed by atoms with Crippen LogP contribution in [-0.4, -0.2) is 27.1 Å². The molecule has 26 heavy (non-hydrogen) atoms. The van der Waals surface area contributed by atoms with E-state index in [1.165, 1.54) is 21.3 Å². The van der Waals surface area contributed by atoms with Crippen LogP contribution in [0, 0.1) is 10.1 Å². The molecule has 0 spiro atoms. The molecule has 0 saturated carbocycles. The quantitative estimate of drug-likeness (QED) is 0.574. The molecule has 0 amide bonds. The third kappa shape index (κ3) is 3.56. The van der Waals surface area contributed by atoms with Crippen LogP contribution in [0.25, 0.3) is 10.9 Å². The molecular weight excluding hydrogens is 428 g/mol. The Hall–Kier alpha value is -1.71. The Balaban J connectivity index is 0.00000243. The topological polar surface area (TPSA) is 99.2 Å². The smallest absolute Gasteiger partial charge is 0.317 e. The van der Waals surface area contributed by atoms with Gasteiger partial charge in [0, 0.05) is 24.7 Å². The fraction of sp³-hybridized carbons (Fsp3) is 0.500. The number of nitro benzene ring substituents is 1. The fourth-order valence-electron chi connectivity index (χ4n) is 3.39. The van der Waals surface area contributed by atoms with Crippen molar-refractivity contribution in [1.82, 2.24) is 14.5 Å². The predicted octanol–water partition coefficient (Wildman–Crippen LogP) is 2.64. The molecule has 8 nitrogen and oxygen atoms in total. The third-order valence-electron chi connectivity index (χ3n) is 4.54. The zero-order chi connectivity index (χ0) is 18.1. The van der Waals surface area contributed by atoms with Gasteiger partial charge in [-0.05, 0) is 32.4 Å². The first-order valence-corrected chi connectivity index (χ1v) is 8.67. The lowest BCUT2D eigenvalue weighted by atomic mass is 10.1.